The molecule has 1 aromatic heterocycles. The molecule has 0 saturated heterocycles. The normalized spacial score (nSPS) is 19.3. The SMILES string of the molecule is CN(CCc1cccs1)CC1(C=O)CCCCCC1. The number of aldehydes is 1. The zero-order valence-electron chi connectivity index (χ0n) is 11.9. The van der Waals surface area contributed by atoms with Crippen LogP contribution in [0, 0.1) is 5.41 Å². The fourth-order valence-corrected chi connectivity index (χ4v) is 3.82. The van der Waals surface area contributed by atoms with E-state index in [2.05, 4.69) is 29.5 Å². The van der Waals surface area contributed by atoms with Crippen LogP contribution in [0.1, 0.15) is 43.4 Å². The first-order valence-corrected chi connectivity index (χ1v) is 8.29. The Morgan fingerprint density at radius 1 is 1.32 bits per heavy atom. The lowest BCUT2D eigenvalue weighted by molar-refractivity contribution is -0.117. The molecule has 106 valence electrons. The molecular weight excluding hydrogens is 254 g/mol. The van der Waals surface area contributed by atoms with Gasteiger partial charge in [0, 0.05) is 23.4 Å². The fourth-order valence-electron chi connectivity index (χ4n) is 3.12. The van der Waals surface area contributed by atoms with Crippen molar-refractivity contribution in [3.05, 3.63) is 22.4 Å². The largest absolute Gasteiger partial charge is 0.305 e. The molecule has 0 unspecified atom stereocenters. The predicted molar refractivity (Wildman–Crippen MR) is 81.7 cm³/mol. The second kappa shape index (κ2) is 7.20. The van der Waals surface area contributed by atoms with Gasteiger partial charge in [0.25, 0.3) is 0 Å². The fraction of sp³-hybridized carbons (Fsp3) is 0.688. The van der Waals surface area contributed by atoms with E-state index in [0.717, 1.165) is 32.4 Å². The Hall–Kier alpha value is -0.670. The maximum atomic E-state index is 11.6. The molecule has 2 nitrogen and oxygen atoms in total. The summed E-state index contributed by atoms with van der Waals surface area (Å²) in [5, 5.41) is 2.13. The molecular formula is C16H25NOS. The number of likely N-dealkylation sites (N-methyl/N-ethyl adjacent to an activating group) is 1. The van der Waals surface area contributed by atoms with Crippen LogP contribution in [0.3, 0.4) is 0 Å². The molecule has 0 N–H and O–H groups in total. The molecule has 1 saturated carbocycles. The minimum atomic E-state index is -0.0688. The highest BCUT2D eigenvalue weighted by molar-refractivity contribution is 7.09. The van der Waals surface area contributed by atoms with Crippen LogP contribution < -0.4 is 0 Å². The molecule has 0 aliphatic heterocycles. The van der Waals surface area contributed by atoms with E-state index in [-0.39, 0.29) is 5.41 Å². The van der Waals surface area contributed by atoms with Gasteiger partial charge in [0.1, 0.15) is 6.29 Å². The van der Waals surface area contributed by atoms with Crippen LogP contribution in [-0.2, 0) is 11.2 Å². The van der Waals surface area contributed by atoms with Gasteiger partial charge in [0.15, 0.2) is 0 Å². The number of hydrogen-bond acceptors (Lipinski definition) is 3. The Morgan fingerprint density at radius 2 is 2.05 bits per heavy atom. The smallest absolute Gasteiger partial charge is 0.127 e. The second-order valence-electron chi connectivity index (χ2n) is 5.96. The van der Waals surface area contributed by atoms with Gasteiger partial charge in [-0.1, -0.05) is 31.7 Å². The summed E-state index contributed by atoms with van der Waals surface area (Å²) in [6.07, 6.45) is 9.56. The number of nitrogens with zero attached hydrogens (tertiary/aromatic N) is 1. The van der Waals surface area contributed by atoms with E-state index in [1.807, 2.05) is 11.3 Å². The van der Waals surface area contributed by atoms with Crippen molar-refractivity contribution < 1.29 is 4.79 Å². The van der Waals surface area contributed by atoms with Gasteiger partial charge in [-0.3, -0.25) is 0 Å². The van der Waals surface area contributed by atoms with E-state index in [1.165, 1.54) is 36.8 Å². The van der Waals surface area contributed by atoms with Gasteiger partial charge in [0.05, 0.1) is 0 Å². The van der Waals surface area contributed by atoms with E-state index in [1.54, 1.807) is 0 Å². The van der Waals surface area contributed by atoms with Gasteiger partial charge in [-0.25, -0.2) is 0 Å². The molecule has 2 rings (SSSR count). The third-order valence-electron chi connectivity index (χ3n) is 4.25. The van der Waals surface area contributed by atoms with Crippen LogP contribution >= 0.6 is 11.3 Å². The summed E-state index contributed by atoms with van der Waals surface area (Å²) in [5.74, 6) is 0. The standard InChI is InChI=1S/C16H25NOS/c1-17(11-8-15-7-6-12-19-15)13-16(14-18)9-4-2-3-5-10-16/h6-7,12,14H,2-5,8-11,13H2,1H3. The van der Waals surface area contributed by atoms with E-state index in [9.17, 15) is 4.79 Å². The first kappa shape index (κ1) is 14.7. The zero-order valence-corrected chi connectivity index (χ0v) is 12.8. The maximum Gasteiger partial charge on any atom is 0.127 e. The average Bonchev–Trinajstić information content (AvgIpc) is 2.83. The topological polar surface area (TPSA) is 20.3 Å². The van der Waals surface area contributed by atoms with Gasteiger partial charge in [-0.05, 0) is 37.8 Å². The van der Waals surface area contributed by atoms with Crippen LogP contribution in [0.5, 0.6) is 0 Å². The molecule has 0 atom stereocenters. The molecule has 19 heavy (non-hydrogen) atoms. The molecule has 1 aliphatic rings. The molecule has 0 spiro atoms. The van der Waals surface area contributed by atoms with Crippen molar-refractivity contribution in [3.63, 3.8) is 0 Å². The van der Waals surface area contributed by atoms with Crippen LogP contribution in [0.4, 0.5) is 0 Å². The Labute approximate surface area is 120 Å². The van der Waals surface area contributed by atoms with Gasteiger partial charge >= 0.3 is 0 Å². The summed E-state index contributed by atoms with van der Waals surface area (Å²) < 4.78 is 0. The molecule has 0 amide bonds. The third-order valence-corrected chi connectivity index (χ3v) is 5.19. The molecule has 1 fully saturated rings. The highest BCUT2D eigenvalue weighted by atomic mass is 32.1. The minimum absolute atomic E-state index is 0.0688. The van der Waals surface area contributed by atoms with Crippen LogP contribution in [0.25, 0.3) is 0 Å². The van der Waals surface area contributed by atoms with Crippen molar-refractivity contribution in [2.75, 3.05) is 20.1 Å². The molecule has 0 aromatic carbocycles. The van der Waals surface area contributed by atoms with Crippen LogP contribution in [0.2, 0.25) is 0 Å². The Bertz CT molecular complexity index is 366. The first-order valence-electron chi connectivity index (χ1n) is 7.41. The van der Waals surface area contributed by atoms with Crippen LogP contribution in [0.15, 0.2) is 17.5 Å². The Kier molecular flexibility index (Phi) is 5.59. The number of hydrogen-bond donors (Lipinski definition) is 0. The minimum Gasteiger partial charge on any atom is -0.305 e. The summed E-state index contributed by atoms with van der Waals surface area (Å²) >= 11 is 1.82. The average molecular weight is 279 g/mol. The summed E-state index contributed by atoms with van der Waals surface area (Å²) in [6, 6.07) is 4.30. The molecule has 1 aromatic rings. The molecule has 3 heteroatoms. The van der Waals surface area contributed by atoms with Gasteiger partial charge in [-0.15, -0.1) is 11.3 Å². The van der Waals surface area contributed by atoms with E-state index < -0.39 is 0 Å². The van der Waals surface area contributed by atoms with Crippen molar-refractivity contribution in [2.45, 2.75) is 44.9 Å². The monoisotopic (exact) mass is 279 g/mol. The number of carbonyl (C=O) groups excluding carboxylic acids is 1. The van der Waals surface area contributed by atoms with Crippen molar-refractivity contribution >= 4 is 17.6 Å². The van der Waals surface area contributed by atoms with Crippen molar-refractivity contribution in [2.24, 2.45) is 5.41 Å². The van der Waals surface area contributed by atoms with Crippen molar-refractivity contribution in [1.29, 1.82) is 0 Å². The van der Waals surface area contributed by atoms with E-state index in [0.29, 0.717) is 0 Å². The van der Waals surface area contributed by atoms with Gasteiger partial charge in [-0.2, -0.15) is 0 Å². The molecule has 1 heterocycles. The highest BCUT2D eigenvalue weighted by Gasteiger charge is 2.31. The van der Waals surface area contributed by atoms with E-state index >= 15 is 0 Å². The number of thiophene rings is 1. The lowest BCUT2D eigenvalue weighted by Gasteiger charge is -2.31. The summed E-state index contributed by atoms with van der Waals surface area (Å²) in [4.78, 5) is 15.4. The molecule has 0 radical (unpaired) electrons. The molecule has 0 bridgehead atoms. The number of carbonyl (C=O) groups is 1. The summed E-state index contributed by atoms with van der Waals surface area (Å²) in [7, 11) is 2.16. The number of rotatable bonds is 6. The quantitative estimate of drug-likeness (QED) is 0.584. The highest BCUT2D eigenvalue weighted by Crippen LogP contribution is 2.33. The Balaban J connectivity index is 1.84. The zero-order chi connectivity index (χ0) is 13.6. The van der Waals surface area contributed by atoms with Gasteiger partial charge < -0.3 is 9.69 Å². The first-order chi connectivity index (χ1) is 9.24. The Morgan fingerprint density at radius 3 is 2.63 bits per heavy atom. The summed E-state index contributed by atoms with van der Waals surface area (Å²) in [5.41, 5.74) is -0.0688. The maximum absolute atomic E-state index is 11.6. The second-order valence-corrected chi connectivity index (χ2v) is 6.99. The van der Waals surface area contributed by atoms with Gasteiger partial charge in [0.2, 0.25) is 0 Å². The van der Waals surface area contributed by atoms with E-state index in [4.69, 9.17) is 0 Å². The lowest BCUT2D eigenvalue weighted by Crippen LogP contribution is -2.37. The van der Waals surface area contributed by atoms with Crippen molar-refractivity contribution in [1.82, 2.24) is 4.90 Å². The molecule has 1 aliphatic carbocycles. The predicted octanol–water partition coefficient (Wildman–Crippen LogP) is 3.76. The summed E-state index contributed by atoms with van der Waals surface area (Å²) in [6.45, 7) is 1.98. The van der Waals surface area contributed by atoms with Crippen molar-refractivity contribution in [3.8, 4) is 0 Å². The third kappa shape index (κ3) is 4.43. The lowest BCUT2D eigenvalue weighted by atomic mass is 9.81. The van der Waals surface area contributed by atoms with Crippen LogP contribution in [-0.4, -0.2) is 31.3 Å².